The van der Waals surface area contributed by atoms with E-state index in [2.05, 4.69) is 359 Å². The molecule has 24 aromatic rings. The van der Waals surface area contributed by atoms with E-state index in [0.29, 0.717) is 52.8 Å². The second kappa shape index (κ2) is 31.6. The Balaban J connectivity index is 0.000000110. The Morgan fingerprint density at radius 2 is 0.374 bits per heavy atom. The van der Waals surface area contributed by atoms with Gasteiger partial charge in [0.15, 0.2) is 34.9 Å². The highest BCUT2D eigenvalue weighted by atomic mass is 15.2. The maximum Gasteiger partial charge on any atom is 0.238 e. The van der Waals surface area contributed by atoms with Crippen molar-refractivity contribution in [3.63, 3.8) is 0 Å². The highest BCUT2D eigenvalue weighted by Gasteiger charge is 2.23. The number of fused-ring (bicyclic) bond motifs is 12. The van der Waals surface area contributed by atoms with Crippen LogP contribution in [-0.4, -0.2) is 58.6 Å². The van der Waals surface area contributed by atoms with Crippen molar-refractivity contribution in [2.75, 3.05) is 0 Å². The van der Waals surface area contributed by atoms with E-state index in [1.54, 1.807) is 0 Å². The maximum atomic E-state index is 5.11. The van der Waals surface area contributed by atoms with Crippen molar-refractivity contribution >= 4 is 97.7 Å². The topological polar surface area (TPSA) is 131 Å². The fourth-order valence-electron chi connectivity index (χ4n) is 17.1. The summed E-state index contributed by atoms with van der Waals surface area (Å²) in [4.78, 5) is 45.2. The SMILES string of the molecule is c1ccc(-c2nc(-c3ccc(-c4ccc5ccccc5c4)cc3)nc(-n3c4ccccc4c4ccccc43)n2)cc1.c1ccc(-c2nc(-c3ccc(-c4cccc5ccccc45)cc3)nc(-n3c4ccccc4c4ccccc43)n2)cc1.c1ccc(-c2nc(-c3cccc(-c4cccc5ccccc45)c3)nc(-n3c4ccccc4c4ccccc43)n2)cc1. The van der Waals surface area contributed by atoms with Crippen LogP contribution < -0.4 is 0 Å². The third-order valence-electron chi connectivity index (χ3n) is 23.0. The minimum absolute atomic E-state index is 0.599. The summed E-state index contributed by atoms with van der Waals surface area (Å²) in [5, 5.41) is 14.4. The first kappa shape index (κ1) is 72.6. The highest BCUT2D eigenvalue weighted by Crippen LogP contribution is 2.40. The largest absolute Gasteiger partial charge is 0.278 e. The van der Waals surface area contributed by atoms with E-state index in [4.69, 9.17) is 44.9 Å². The monoisotopic (exact) mass is 1570 g/mol. The van der Waals surface area contributed by atoms with E-state index < -0.39 is 0 Å². The van der Waals surface area contributed by atoms with Gasteiger partial charge in [0.2, 0.25) is 17.8 Å². The number of hydrogen-bond donors (Lipinski definition) is 0. The summed E-state index contributed by atoms with van der Waals surface area (Å²) < 4.78 is 6.44. The number of aromatic nitrogens is 12. The second-order valence-corrected chi connectivity index (χ2v) is 30.4. The lowest BCUT2D eigenvalue weighted by molar-refractivity contribution is 0.953. The zero-order valence-electron chi connectivity index (χ0n) is 66.4. The Kier molecular flexibility index (Phi) is 18.6. The van der Waals surface area contributed by atoms with E-state index in [0.717, 1.165) is 83.2 Å². The molecule has 0 fully saturated rings. The van der Waals surface area contributed by atoms with E-state index >= 15 is 0 Å². The van der Waals surface area contributed by atoms with Crippen molar-refractivity contribution < 1.29 is 0 Å². The summed E-state index contributed by atoms with van der Waals surface area (Å²) in [7, 11) is 0. The summed E-state index contributed by atoms with van der Waals surface area (Å²) in [6.45, 7) is 0. The molecule has 12 nitrogen and oxygen atoms in total. The summed E-state index contributed by atoms with van der Waals surface area (Å²) >= 11 is 0. The van der Waals surface area contributed by atoms with Gasteiger partial charge in [-0.3, -0.25) is 13.7 Å². The van der Waals surface area contributed by atoms with E-state index in [1.807, 2.05) is 91.0 Å². The molecule has 0 radical (unpaired) electrons. The van der Waals surface area contributed by atoms with Gasteiger partial charge in [-0.1, -0.05) is 388 Å². The van der Waals surface area contributed by atoms with Gasteiger partial charge in [0, 0.05) is 65.7 Å². The van der Waals surface area contributed by atoms with Gasteiger partial charge < -0.3 is 0 Å². The smallest absolute Gasteiger partial charge is 0.238 e. The third-order valence-corrected chi connectivity index (χ3v) is 23.0. The number of para-hydroxylation sites is 6. The first-order valence-corrected chi connectivity index (χ1v) is 41.2. The van der Waals surface area contributed by atoms with Gasteiger partial charge in [-0.05, 0) is 114 Å². The van der Waals surface area contributed by atoms with Crippen LogP contribution >= 0.6 is 0 Å². The normalized spacial score (nSPS) is 11.4. The molecule has 6 heterocycles. The molecular formula is C111H72N12. The van der Waals surface area contributed by atoms with Crippen molar-refractivity contribution in [3.05, 3.63) is 437 Å². The van der Waals surface area contributed by atoms with Crippen LogP contribution in [0.5, 0.6) is 0 Å². The molecule has 12 heteroatoms. The summed E-state index contributed by atoms with van der Waals surface area (Å²) in [5.74, 6) is 5.65. The van der Waals surface area contributed by atoms with Crippen LogP contribution in [0, 0.1) is 0 Å². The molecule has 6 aromatic heterocycles. The molecule has 0 spiro atoms. The zero-order chi connectivity index (χ0) is 81.5. The molecule has 24 rings (SSSR count). The van der Waals surface area contributed by atoms with Gasteiger partial charge in [-0.2, -0.15) is 29.9 Å². The fraction of sp³-hybridized carbons (Fsp3) is 0. The lowest BCUT2D eigenvalue weighted by Crippen LogP contribution is -2.06. The second-order valence-electron chi connectivity index (χ2n) is 30.4. The Morgan fingerprint density at radius 3 is 0.748 bits per heavy atom. The van der Waals surface area contributed by atoms with Gasteiger partial charge in [0.05, 0.1) is 33.1 Å². The Labute approximate surface area is 708 Å². The molecule has 0 bridgehead atoms. The third kappa shape index (κ3) is 13.8. The molecule has 0 saturated heterocycles. The molecule has 0 aliphatic carbocycles. The molecule has 18 aromatic carbocycles. The predicted molar refractivity (Wildman–Crippen MR) is 504 cm³/mol. The fourth-order valence-corrected chi connectivity index (χ4v) is 17.1. The van der Waals surface area contributed by atoms with Crippen molar-refractivity contribution in [2.45, 2.75) is 0 Å². The van der Waals surface area contributed by atoms with Gasteiger partial charge in [-0.25, -0.2) is 15.0 Å². The molecular weight excluding hydrogens is 1500 g/mol. The molecule has 0 aliphatic heterocycles. The summed E-state index contributed by atoms with van der Waals surface area (Å²) in [6, 6.07) is 151. The van der Waals surface area contributed by atoms with E-state index in [9.17, 15) is 0 Å². The van der Waals surface area contributed by atoms with Gasteiger partial charge in [-0.15, -0.1) is 0 Å². The zero-order valence-corrected chi connectivity index (χ0v) is 66.4. The number of hydrogen-bond acceptors (Lipinski definition) is 9. The van der Waals surface area contributed by atoms with Crippen molar-refractivity contribution in [3.8, 4) is 120 Å². The van der Waals surface area contributed by atoms with Crippen molar-refractivity contribution in [1.82, 2.24) is 58.6 Å². The minimum Gasteiger partial charge on any atom is -0.278 e. The van der Waals surface area contributed by atoms with Crippen LogP contribution in [0.4, 0.5) is 0 Å². The molecule has 0 unspecified atom stereocenters. The van der Waals surface area contributed by atoms with Crippen LogP contribution in [0.2, 0.25) is 0 Å². The van der Waals surface area contributed by atoms with Gasteiger partial charge in [0.1, 0.15) is 0 Å². The lowest BCUT2D eigenvalue weighted by atomic mass is 9.97. The van der Waals surface area contributed by atoms with Crippen molar-refractivity contribution in [1.29, 1.82) is 0 Å². The van der Waals surface area contributed by atoms with Crippen LogP contribution in [0.25, 0.3) is 217 Å². The van der Waals surface area contributed by atoms with Crippen LogP contribution in [0.1, 0.15) is 0 Å². The molecule has 0 aliphatic rings. The number of rotatable bonds is 12. The Morgan fingerprint density at radius 1 is 0.130 bits per heavy atom. The molecule has 0 saturated carbocycles. The number of nitrogens with zero attached hydrogens (tertiary/aromatic N) is 12. The number of benzene rings is 18. The highest BCUT2D eigenvalue weighted by molar-refractivity contribution is 6.11. The summed E-state index contributed by atoms with van der Waals surface area (Å²) in [6.07, 6.45) is 0. The molecule has 0 atom stereocenters. The first-order chi connectivity index (χ1) is 61.0. The van der Waals surface area contributed by atoms with Crippen LogP contribution in [0.3, 0.4) is 0 Å². The predicted octanol–water partition coefficient (Wildman–Crippen LogP) is 27.4. The molecule has 123 heavy (non-hydrogen) atoms. The average molecular weight is 1570 g/mol. The summed E-state index contributed by atoms with van der Waals surface area (Å²) in [5.41, 5.74) is 19.1. The average Bonchev–Trinajstić information content (AvgIpc) is 1.60. The molecule has 0 N–H and O–H groups in total. The molecule has 576 valence electrons. The van der Waals surface area contributed by atoms with E-state index in [-0.39, 0.29) is 0 Å². The Bertz CT molecular complexity index is 7950. The minimum atomic E-state index is 0.599. The van der Waals surface area contributed by atoms with Gasteiger partial charge >= 0.3 is 0 Å². The van der Waals surface area contributed by atoms with Crippen molar-refractivity contribution in [2.24, 2.45) is 0 Å². The van der Waals surface area contributed by atoms with Gasteiger partial charge in [0.25, 0.3) is 0 Å². The molecule has 0 amide bonds. The quantitative estimate of drug-likeness (QED) is 0.117. The van der Waals surface area contributed by atoms with E-state index in [1.165, 1.54) is 81.3 Å². The Hall–Kier alpha value is -16.8. The lowest BCUT2D eigenvalue weighted by Gasteiger charge is -2.12. The van der Waals surface area contributed by atoms with Crippen LogP contribution in [0.15, 0.2) is 437 Å². The maximum absolute atomic E-state index is 5.11. The standard InChI is InChI=1S/3C37H24N4/c1-2-13-26(14-3-1)35-38-36(28-17-10-16-27(24-28)30-21-11-15-25-12-4-5-18-29(25)30)40-37(39-35)41-33-22-8-6-19-31(33)32-20-7-9-23-34(32)41;1-2-12-27(13-3-1)35-38-36(28-23-21-26(22-24-28)30-18-10-14-25-11-4-5-15-29(25)30)40-37(39-35)41-33-19-8-6-16-31(33)32-17-7-9-20-34(32)41;1-2-11-27(12-3-1)35-38-36(28-21-18-26(19-22-28)30-23-20-25-10-4-5-13-29(25)24-30)40-37(39-35)41-33-16-8-6-14-31(33)32-15-7-9-17-34(32)41/h3*1-24H. The first-order valence-electron chi connectivity index (χ1n) is 41.2. The van der Waals surface area contributed by atoms with Crippen LogP contribution in [-0.2, 0) is 0 Å².